The third-order valence-corrected chi connectivity index (χ3v) is 3.75. The summed E-state index contributed by atoms with van der Waals surface area (Å²) in [6.07, 6.45) is -0.658. The summed E-state index contributed by atoms with van der Waals surface area (Å²) in [5.41, 5.74) is 1.82. The third kappa shape index (κ3) is 2.85. The molecule has 3 rings (SSSR count). The maximum atomic E-state index is 10.7. The topological polar surface area (TPSA) is 84.6 Å². The molecule has 1 unspecified atom stereocenters. The number of nitrogens with one attached hydrogen (secondary N) is 1. The maximum absolute atomic E-state index is 10.7. The average molecular weight is 300 g/mol. The largest absolute Gasteiger partial charge is 0.395 e. The van der Waals surface area contributed by atoms with Gasteiger partial charge in [-0.3, -0.25) is 15.4 Å². The van der Waals surface area contributed by atoms with Crippen LogP contribution >= 0.6 is 0 Å². The molecule has 0 amide bonds. The predicted octanol–water partition coefficient (Wildman–Crippen LogP) is 2.32. The lowest BCUT2D eigenvalue weighted by Gasteiger charge is -2.15. The van der Waals surface area contributed by atoms with Crippen molar-refractivity contribution in [2.75, 3.05) is 6.61 Å². The first-order valence-corrected chi connectivity index (χ1v) is 7.00. The molecule has 3 atom stereocenters. The fraction of sp³-hybridized carbons (Fsp3) is 0.250. The lowest BCUT2D eigenvalue weighted by molar-refractivity contribution is -0.384. The summed E-state index contributed by atoms with van der Waals surface area (Å²) < 4.78 is 6.00. The van der Waals surface area contributed by atoms with Crippen LogP contribution in [0.25, 0.3) is 0 Å². The molecule has 2 N–H and O–H groups in total. The van der Waals surface area contributed by atoms with E-state index in [2.05, 4.69) is 5.32 Å². The highest BCUT2D eigenvalue weighted by Gasteiger charge is 2.35. The lowest BCUT2D eigenvalue weighted by Crippen LogP contribution is -2.30. The fourth-order valence-electron chi connectivity index (χ4n) is 2.61. The van der Waals surface area contributed by atoms with E-state index in [0.717, 1.165) is 11.1 Å². The summed E-state index contributed by atoms with van der Waals surface area (Å²) in [7, 11) is 0. The first kappa shape index (κ1) is 14.6. The molecule has 1 saturated heterocycles. The Hall–Kier alpha value is -2.28. The molecule has 2 aromatic carbocycles. The molecule has 22 heavy (non-hydrogen) atoms. The minimum absolute atomic E-state index is 0.0417. The van der Waals surface area contributed by atoms with E-state index >= 15 is 0 Å². The Morgan fingerprint density at radius 2 is 1.77 bits per heavy atom. The van der Waals surface area contributed by atoms with Gasteiger partial charge in [-0.05, 0) is 23.3 Å². The van der Waals surface area contributed by atoms with Crippen LogP contribution in [0, 0.1) is 10.1 Å². The zero-order chi connectivity index (χ0) is 15.5. The summed E-state index contributed by atoms with van der Waals surface area (Å²) >= 11 is 0. The Kier molecular flexibility index (Phi) is 4.15. The highest BCUT2D eigenvalue weighted by molar-refractivity contribution is 5.34. The Labute approximate surface area is 127 Å². The molecule has 6 heteroatoms. The van der Waals surface area contributed by atoms with Gasteiger partial charge in [0.2, 0.25) is 0 Å². The van der Waals surface area contributed by atoms with Crippen molar-refractivity contribution < 1.29 is 14.8 Å². The number of nitro benzene ring substituents is 1. The van der Waals surface area contributed by atoms with Crippen LogP contribution in [0.3, 0.4) is 0 Å². The Balaban J connectivity index is 1.80. The van der Waals surface area contributed by atoms with Gasteiger partial charge in [-0.2, -0.15) is 0 Å². The number of hydrogen-bond donors (Lipinski definition) is 2. The predicted molar refractivity (Wildman–Crippen MR) is 80.1 cm³/mol. The summed E-state index contributed by atoms with van der Waals surface area (Å²) in [6, 6.07) is 15.7. The van der Waals surface area contributed by atoms with E-state index in [1.807, 2.05) is 30.3 Å². The van der Waals surface area contributed by atoms with Gasteiger partial charge >= 0.3 is 0 Å². The molecule has 1 fully saturated rings. The van der Waals surface area contributed by atoms with Gasteiger partial charge < -0.3 is 9.84 Å². The number of nitro groups is 1. The van der Waals surface area contributed by atoms with Gasteiger partial charge in [-0.1, -0.05) is 30.3 Å². The van der Waals surface area contributed by atoms with E-state index in [1.54, 1.807) is 12.1 Å². The van der Waals surface area contributed by atoms with Crippen molar-refractivity contribution in [3.63, 3.8) is 0 Å². The quantitative estimate of drug-likeness (QED) is 0.668. The molecule has 6 nitrogen and oxygen atoms in total. The smallest absolute Gasteiger partial charge is 0.269 e. The standard InChI is InChI=1S/C16H16N2O4/c19-10-14-15(11-4-2-1-3-5-11)22-16(17-14)12-6-8-13(9-7-12)18(20)21/h1-9,14-17,19H,10H2/t14-,15?,16-/m0/s1. The van der Waals surface area contributed by atoms with E-state index in [-0.39, 0.29) is 24.4 Å². The highest BCUT2D eigenvalue weighted by atomic mass is 16.6. The summed E-state index contributed by atoms with van der Waals surface area (Å²) in [5.74, 6) is 0. The van der Waals surface area contributed by atoms with Crippen molar-refractivity contribution in [1.82, 2.24) is 5.32 Å². The van der Waals surface area contributed by atoms with Gasteiger partial charge in [-0.15, -0.1) is 0 Å². The third-order valence-electron chi connectivity index (χ3n) is 3.75. The van der Waals surface area contributed by atoms with Crippen molar-refractivity contribution in [2.24, 2.45) is 0 Å². The van der Waals surface area contributed by atoms with Crippen LogP contribution in [0.2, 0.25) is 0 Å². The van der Waals surface area contributed by atoms with Gasteiger partial charge in [-0.25, -0.2) is 0 Å². The minimum atomic E-state index is -0.435. The van der Waals surface area contributed by atoms with Crippen LogP contribution in [-0.4, -0.2) is 22.7 Å². The van der Waals surface area contributed by atoms with Gasteiger partial charge in [0.25, 0.3) is 5.69 Å². The highest BCUT2D eigenvalue weighted by Crippen LogP contribution is 2.35. The Morgan fingerprint density at radius 1 is 1.09 bits per heavy atom. The number of aliphatic hydroxyl groups is 1. The summed E-state index contributed by atoms with van der Waals surface area (Å²) in [6.45, 7) is -0.0525. The van der Waals surface area contributed by atoms with Crippen LogP contribution in [0.5, 0.6) is 0 Å². The fourth-order valence-corrected chi connectivity index (χ4v) is 2.61. The minimum Gasteiger partial charge on any atom is -0.395 e. The first-order valence-electron chi connectivity index (χ1n) is 7.00. The monoisotopic (exact) mass is 300 g/mol. The number of ether oxygens (including phenoxy) is 1. The van der Waals surface area contributed by atoms with E-state index in [4.69, 9.17) is 4.74 Å². The molecular weight excluding hydrogens is 284 g/mol. The van der Waals surface area contributed by atoms with Gasteiger partial charge in [0.15, 0.2) is 0 Å². The molecule has 114 valence electrons. The molecule has 0 radical (unpaired) electrons. The summed E-state index contributed by atoms with van der Waals surface area (Å²) in [5, 5.41) is 23.5. The van der Waals surface area contributed by atoms with Gasteiger partial charge in [0.05, 0.1) is 17.6 Å². The average Bonchev–Trinajstić information content (AvgIpc) is 3.00. The SMILES string of the molecule is O=[N+]([O-])c1ccc([C@H]2N[C@@H](CO)C(c3ccccc3)O2)cc1. The second kappa shape index (κ2) is 6.23. The van der Waals surface area contributed by atoms with Crippen LogP contribution in [0.4, 0.5) is 5.69 Å². The van der Waals surface area contributed by atoms with Crippen LogP contribution < -0.4 is 5.32 Å². The molecule has 0 bridgehead atoms. The molecule has 0 aromatic heterocycles. The lowest BCUT2D eigenvalue weighted by atomic mass is 10.0. The van der Waals surface area contributed by atoms with E-state index in [1.165, 1.54) is 12.1 Å². The Bertz CT molecular complexity index is 645. The number of aliphatic hydroxyl groups excluding tert-OH is 1. The maximum Gasteiger partial charge on any atom is 0.269 e. The Morgan fingerprint density at radius 3 is 2.36 bits per heavy atom. The zero-order valence-electron chi connectivity index (χ0n) is 11.8. The number of hydrogen-bond acceptors (Lipinski definition) is 5. The van der Waals surface area contributed by atoms with Crippen molar-refractivity contribution >= 4 is 5.69 Å². The molecule has 0 spiro atoms. The van der Waals surface area contributed by atoms with Crippen LogP contribution in [0.1, 0.15) is 23.5 Å². The number of non-ortho nitro benzene ring substituents is 1. The van der Waals surface area contributed by atoms with Crippen LogP contribution in [-0.2, 0) is 4.74 Å². The number of nitrogens with zero attached hydrogens (tertiary/aromatic N) is 1. The normalized spacial score (nSPS) is 24.3. The molecular formula is C16H16N2O4. The van der Waals surface area contributed by atoms with Crippen molar-refractivity contribution in [2.45, 2.75) is 18.4 Å². The summed E-state index contributed by atoms with van der Waals surface area (Å²) in [4.78, 5) is 10.3. The second-order valence-electron chi connectivity index (χ2n) is 5.15. The van der Waals surface area contributed by atoms with Gasteiger partial charge in [0, 0.05) is 12.1 Å². The molecule has 1 aliphatic rings. The van der Waals surface area contributed by atoms with Crippen molar-refractivity contribution in [1.29, 1.82) is 0 Å². The number of rotatable bonds is 4. The van der Waals surface area contributed by atoms with E-state index in [0.29, 0.717) is 0 Å². The second-order valence-corrected chi connectivity index (χ2v) is 5.15. The number of benzene rings is 2. The molecule has 0 aliphatic carbocycles. The van der Waals surface area contributed by atoms with Crippen molar-refractivity contribution in [3.8, 4) is 0 Å². The van der Waals surface area contributed by atoms with Crippen molar-refractivity contribution in [3.05, 3.63) is 75.8 Å². The van der Waals surface area contributed by atoms with E-state index in [9.17, 15) is 15.2 Å². The zero-order valence-corrected chi connectivity index (χ0v) is 11.8. The first-order chi connectivity index (χ1) is 10.7. The van der Waals surface area contributed by atoms with Gasteiger partial charge in [0.1, 0.15) is 12.3 Å². The molecule has 2 aromatic rings. The van der Waals surface area contributed by atoms with E-state index < -0.39 is 11.2 Å². The van der Waals surface area contributed by atoms with Crippen LogP contribution in [0.15, 0.2) is 54.6 Å². The molecule has 0 saturated carbocycles. The molecule has 1 heterocycles. The molecule has 1 aliphatic heterocycles.